The number of hydrogen-bond donors (Lipinski definition) is 1. The maximum absolute atomic E-state index is 12.5. The van der Waals surface area contributed by atoms with E-state index >= 15 is 0 Å². The Bertz CT molecular complexity index is 637. The number of hydrogen-bond acceptors (Lipinski definition) is 2. The second kappa shape index (κ2) is 6.00. The van der Waals surface area contributed by atoms with Gasteiger partial charge in [-0.3, -0.25) is 4.79 Å². The Morgan fingerprint density at radius 1 is 1.24 bits per heavy atom. The van der Waals surface area contributed by atoms with E-state index in [0.29, 0.717) is 0 Å². The first-order chi connectivity index (χ1) is 10.3. The number of carbonyl (C=O) groups is 1. The molecule has 1 aliphatic heterocycles. The zero-order valence-corrected chi connectivity index (χ0v) is 12.1. The van der Waals surface area contributed by atoms with Crippen LogP contribution in [0.4, 0.5) is 5.69 Å². The van der Waals surface area contributed by atoms with Crippen molar-refractivity contribution in [3.63, 3.8) is 0 Å². The summed E-state index contributed by atoms with van der Waals surface area (Å²) in [6.07, 6.45) is 1.69. The van der Waals surface area contributed by atoms with Crippen molar-refractivity contribution in [3.8, 4) is 5.75 Å². The maximum Gasteiger partial charge on any atom is 0.231 e. The third-order valence-corrected chi connectivity index (χ3v) is 3.88. The smallest absolute Gasteiger partial charge is 0.231 e. The zero-order chi connectivity index (χ0) is 14.7. The molecule has 0 saturated carbocycles. The molecule has 0 bridgehead atoms. The Labute approximate surface area is 124 Å². The molecule has 108 valence electrons. The molecular formula is C18H19NO2. The average Bonchev–Trinajstić information content (AvgIpc) is 2.96. The van der Waals surface area contributed by atoms with Crippen LogP contribution in [0.2, 0.25) is 0 Å². The molecule has 2 aromatic carbocycles. The molecule has 1 amide bonds. The van der Waals surface area contributed by atoms with E-state index in [1.165, 1.54) is 5.56 Å². The highest BCUT2D eigenvalue weighted by atomic mass is 16.5. The number of amides is 1. The Hall–Kier alpha value is -2.29. The van der Waals surface area contributed by atoms with Crippen LogP contribution in [0.15, 0.2) is 48.5 Å². The molecule has 1 heterocycles. The molecule has 0 fully saturated rings. The SMILES string of the molecule is CCC(C(=O)Nc1ccc2c(c1)CCO2)c1ccccc1. The maximum atomic E-state index is 12.5. The van der Waals surface area contributed by atoms with Gasteiger partial charge in [-0.1, -0.05) is 37.3 Å². The first kappa shape index (κ1) is 13.7. The van der Waals surface area contributed by atoms with E-state index in [-0.39, 0.29) is 11.8 Å². The van der Waals surface area contributed by atoms with Crippen molar-refractivity contribution < 1.29 is 9.53 Å². The summed E-state index contributed by atoms with van der Waals surface area (Å²) < 4.78 is 5.48. The predicted octanol–water partition coefficient (Wildman–Crippen LogP) is 3.75. The van der Waals surface area contributed by atoms with Gasteiger partial charge in [0, 0.05) is 12.1 Å². The number of fused-ring (bicyclic) bond motifs is 1. The molecule has 1 atom stereocenters. The lowest BCUT2D eigenvalue weighted by molar-refractivity contribution is -0.117. The van der Waals surface area contributed by atoms with Gasteiger partial charge in [-0.15, -0.1) is 0 Å². The van der Waals surface area contributed by atoms with Gasteiger partial charge in [-0.2, -0.15) is 0 Å². The van der Waals surface area contributed by atoms with Crippen molar-refractivity contribution in [1.29, 1.82) is 0 Å². The van der Waals surface area contributed by atoms with Gasteiger partial charge in [0.2, 0.25) is 5.91 Å². The summed E-state index contributed by atoms with van der Waals surface area (Å²) >= 11 is 0. The fourth-order valence-electron chi connectivity index (χ4n) is 2.75. The lowest BCUT2D eigenvalue weighted by Crippen LogP contribution is -2.20. The van der Waals surface area contributed by atoms with E-state index in [2.05, 4.69) is 5.32 Å². The van der Waals surface area contributed by atoms with Crippen molar-refractivity contribution in [3.05, 3.63) is 59.7 Å². The summed E-state index contributed by atoms with van der Waals surface area (Å²) in [5.41, 5.74) is 3.07. The molecule has 1 N–H and O–H groups in total. The molecular weight excluding hydrogens is 262 g/mol. The molecule has 0 aliphatic carbocycles. The number of anilines is 1. The highest BCUT2D eigenvalue weighted by Gasteiger charge is 2.19. The molecule has 0 spiro atoms. The van der Waals surface area contributed by atoms with E-state index in [4.69, 9.17) is 4.74 Å². The first-order valence-corrected chi connectivity index (χ1v) is 7.39. The molecule has 2 aromatic rings. The number of rotatable bonds is 4. The van der Waals surface area contributed by atoms with Crippen LogP contribution in [0.25, 0.3) is 0 Å². The highest BCUT2D eigenvalue weighted by molar-refractivity contribution is 5.96. The summed E-state index contributed by atoms with van der Waals surface area (Å²) in [6.45, 7) is 2.77. The Morgan fingerprint density at radius 2 is 2.05 bits per heavy atom. The summed E-state index contributed by atoms with van der Waals surface area (Å²) in [5.74, 6) is 0.862. The molecule has 0 aromatic heterocycles. The van der Waals surface area contributed by atoms with Gasteiger partial charge in [-0.25, -0.2) is 0 Å². The molecule has 0 saturated heterocycles. The van der Waals surface area contributed by atoms with Crippen molar-refractivity contribution in [1.82, 2.24) is 0 Å². The fraction of sp³-hybridized carbons (Fsp3) is 0.278. The standard InChI is InChI=1S/C18H19NO2/c1-2-16(13-6-4-3-5-7-13)18(20)19-15-8-9-17-14(12-15)10-11-21-17/h3-9,12,16H,2,10-11H2,1H3,(H,19,20). The van der Waals surface area contributed by atoms with E-state index in [0.717, 1.165) is 36.4 Å². The fourth-order valence-corrected chi connectivity index (χ4v) is 2.75. The van der Waals surface area contributed by atoms with Crippen molar-refractivity contribution in [2.45, 2.75) is 25.7 Å². The predicted molar refractivity (Wildman–Crippen MR) is 83.7 cm³/mol. The van der Waals surface area contributed by atoms with E-state index < -0.39 is 0 Å². The second-order valence-corrected chi connectivity index (χ2v) is 5.28. The number of nitrogens with one attached hydrogen (secondary N) is 1. The third-order valence-electron chi connectivity index (χ3n) is 3.88. The van der Waals surface area contributed by atoms with Crippen molar-refractivity contribution >= 4 is 11.6 Å². The summed E-state index contributed by atoms with van der Waals surface area (Å²) in [7, 11) is 0. The van der Waals surface area contributed by atoms with E-state index in [1.807, 2.05) is 55.5 Å². The molecule has 3 rings (SSSR count). The Kier molecular flexibility index (Phi) is 3.91. The van der Waals surface area contributed by atoms with Gasteiger partial charge in [0.25, 0.3) is 0 Å². The molecule has 1 unspecified atom stereocenters. The monoisotopic (exact) mass is 281 g/mol. The number of benzene rings is 2. The minimum Gasteiger partial charge on any atom is -0.493 e. The van der Waals surface area contributed by atoms with Crippen LogP contribution in [-0.4, -0.2) is 12.5 Å². The minimum absolute atomic E-state index is 0.0440. The van der Waals surface area contributed by atoms with Crippen molar-refractivity contribution in [2.75, 3.05) is 11.9 Å². The quantitative estimate of drug-likeness (QED) is 0.926. The van der Waals surface area contributed by atoms with Gasteiger partial charge in [0.1, 0.15) is 5.75 Å². The summed E-state index contributed by atoms with van der Waals surface area (Å²) in [4.78, 5) is 12.5. The lowest BCUT2D eigenvalue weighted by Gasteiger charge is -2.15. The average molecular weight is 281 g/mol. The minimum atomic E-state index is -0.115. The molecule has 3 heteroatoms. The second-order valence-electron chi connectivity index (χ2n) is 5.28. The topological polar surface area (TPSA) is 38.3 Å². The normalized spacial score (nSPS) is 14.1. The van der Waals surface area contributed by atoms with Gasteiger partial charge in [-0.05, 0) is 35.7 Å². The van der Waals surface area contributed by atoms with Gasteiger partial charge in [0.15, 0.2) is 0 Å². The van der Waals surface area contributed by atoms with Gasteiger partial charge in [0.05, 0.1) is 12.5 Å². The van der Waals surface area contributed by atoms with Crippen LogP contribution in [0.1, 0.15) is 30.4 Å². The van der Waals surface area contributed by atoms with Crippen LogP contribution >= 0.6 is 0 Å². The van der Waals surface area contributed by atoms with Gasteiger partial charge >= 0.3 is 0 Å². The molecule has 3 nitrogen and oxygen atoms in total. The van der Waals surface area contributed by atoms with Crippen LogP contribution in [0.3, 0.4) is 0 Å². The number of ether oxygens (including phenoxy) is 1. The van der Waals surface area contributed by atoms with Crippen LogP contribution in [-0.2, 0) is 11.2 Å². The van der Waals surface area contributed by atoms with E-state index in [9.17, 15) is 4.79 Å². The molecule has 1 aliphatic rings. The van der Waals surface area contributed by atoms with Crippen LogP contribution in [0, 0.1) is 0 Å². The lowest BCUT2D eigenvalue weighted by atomic mass is 9.95. The molecule has 0 radical (unpaired) electrons. The zero-order valence-electron chi connectivity index (χ0n) is 12.1. The summed E-state index contributed by atoms with van der Waals surface area (Å²) in [5, 5.41) is 3.03. The van der Waals surface area contributed by atoms with E-state index in [1.54, 1.807) is 0 Å². The molecule has 21 heavy (non-hydrogen) atoms. The Morgan fingerprint density at radius 3 is 2.81 bits per heavy atom. The third kappa shape index (κ3) is 2.92. The highest BCUT2D eigenvalue weighted by Crippen LogP contribution is 2.29. The number of carbonyl (C=O) groups excluding carboxylic acids is 1. The Balaban J connectivity index is 1.76. The summed E-state index contributed by atoms with van der Waals surface area (Å²) in [6, 6.07) is 15.8. The largest absolute Gasteiger partial charge is 0.493 e. The van der Waals surface area contributed by atoms with Crippen LogP contribution in [0.5, 0.6) is 5.75 Å². The van der Waals surface area contributed by atoms with Crippen LogP contribution < -0.4 is 10.1 Å². The first-order valence-electron chi connectivity index (χ1n) is 7.39. The van der Waals surface area contributed by atoms with Crippen molar-refractivity contribution in [2.24, 2.45) is 0 Å². The van der Waals surface area contributed by atoms with Gasteiger partial charge < -0.3 is 10.1 Å².